The Morgan fingerprint density at radius 1 is 1.17 bits per heavy atom. The number of nitrogens with zero attached hydrogens (tertiary/aromatic N) is 4. The van der Waals surface area contributed by atoms with E-state index in [1.165, 1.54) is 18.5 Å². The van der Waals surface area contributed by atoms with Crippen molar-refractivity contribution in [1.82, 2.24) is 19.7 Å². The SMILES string of the molecule is Nc1ncnc2c1c(-c1cc(O)cc(F)c1)nn2CC1=Cc2ccccc2CC1=O. The Bertz CT molecular complexity index is 1340. The second-order valence-electron chi connectivity index (χ2n) is 7.13. The van der Waals surface area contributed by atoms with Gasteiger partial charge in [0.15, 0.2) is 11.4 Å². The average molecular weight is 401 g/mol. The predicted molar refractivity (Wildman–Crippen MR) is 110 cm³/mol. The molecule has 1 aliphatic carbocycles. The highest BCUT2D eigenvalue weighted by atomic mass is 19.1. The number of hydrogen-bond donors (Lipinski definition) is 2. The van der Waals surface area contributed by atoms with Crippen LogP contribution in [-0.4, -0.2) is 30.6 Å². The molecule has 3 N–H and O–H groups in total. The Morgan fingerprint density at radius 2 is 2.00 bits per heavy atom. The third kappa shape index (κ3) is 2.98. The summed E-state index contributed by atoms with van der Waals surface area (Å²) in [6.45, 7) is 0.182. The summed E-state index contributed by atoms with van der Waals surface area (Å²) < 4.78 is 15.4. The second kappa shape index (κ2) is 6.77. The number of benzene rings is 2. The topological polar surface area (TPSA) is 107 Å². The van der Waals surface area contributed by atoms with E-state index in [2.05, 4.69) is 15.1 Å². The van der Waals surface area contributed by atoms with E-state index in [-0.39, 0.29) is 23.9 Å². The van der Waals surface area contributed by atoms with E-state index in [4.69, 9.17) is 5.73 Å². The van der Waals surface area contributed by atoms with E-state index in [0.29, 0.717) is 34.3 Å². The number of ketones is 1. The fourth-order valence-corrected chi connectivity index (χ4v) is 3.74. The first-order chi connectivity index (χ1) is 14.5. The number of nitrogen functional groups attached to an aromatic ring is 1. The molecule has 0 saturated heterocycles. The van der Waals surface area contributed by atoms with Gasteiger partial charge < -0.3 is 10.8 Å². The predicted octanol–water partition coefficient (Wildman–Crippen LogP) is 3.13. The Labute approximate surface area is 170 Å². The van der Waals surface area contributed by atoms with Crippen molar-refractivity contribution in [3.8, 4) is 17.0 Å². The molecular weight excluding hydrogens is 385 g/mol. The van der Waals surface area contributed by atoms with Crippen LogP contribution in [-0.2, 0) is 17.8 Å². The van der Waals surface area contributed by atoms with E-state index in [0.717, 1.165) is 17.2 Å². The van der Waals surface area contributed by atoms with Crippen LogP contribution in [0.1, 0.15) is 11.1 Å². The van der Waals surface area contributed by atoms with E-state index in [1.54, 1.807) is 4.68 Å². The van der Waals surface area contributed by atoms with Crippen LogP contribution >= 0.6 is 0 Å². The first kappa shape index (κ1) is 18.0. The molecule has 2 aromatic carbocycles. The van der Waals surface area contributed by atoms with Gasteiger partial charge in [0.05, 0.1) is 11.9 Å². The number of allylic oxidation sites excluding steroid dienone is 1. The molecule has 0 aliphatic heterocycles. The van der Waals surface area contributed by atoms with E-state index >= 15 is 0 Å². The summed E-state index contributed by atoms with van der Waals surface area (Å²) in [4.78, 5) is 21.0. The number of rotatable bonds is 3. The molecule has 0 saturated carbocycles. The van der Waals surface area contributed by atoms with Crippen molar-refractivity contribution in [2.45, 2.75) is 13.0 Å². The maximum atomic E-state index is 13.9. The van der Waals surface area contributed by atoms with Gasteiger partial charge in [0.2, 0.25) is 0 Å². The number of halogens is 1. The quantitative estimate of drug-likeness (QED) is 0.546. The molecule has 0 unspecified atom stereocenters. The average Bonchev–Trinajstić information content (AvgIpc) is 3.08. The van der Waals surface area contributed by atoms with Crippen molar-refractivity contribution < 1.29 is 14.3 Å². The normalized spacial score (nSPS) is 13.4. The highest BCUT2D eigenvalue weighted by Gasteiger charge is 2.22. The molecule has 0 amide bonds. The van der Waals surface area contributed by atoms with Crippen molar-refractivity contribution in [3.63, 3.8) is 0 Å². The molecule has 2 aromatic heterocycles. The molecule has 0 fully saturated rings. The molecule has 148 valence electrons. The van der Waals surface area contributed by atoms with E-state index in [9.17, 15) is 14.3 Å². The second-order valence-corrected chi connectivity index (χ2v) is 7.13. The molecule has 8 heteroatoms. The molecule has 0 atom stereocenters. The van der Waals surface area contributed by atoms with Gasteiger partial charge in [-0.15, -0.1) is 0 Å². The molecular formula is C22H16FN5O2. The summed E-state index contributed by atoms with van der Waals surface area (Å²) in [5, 5.41) is 14.8. The summed E-state index contributed by atoms with van der Waals surface area (Å²) in [6, 6.07) is 11.4. The number of phenols is 1. The number of carbonyl (C=O) groups is 1. The molecule has 0 radical (unpaired) electrons. The minimum Gasteiger partial charge on any atom is -0.508 e. The number of hydrogen-bond acceptors (Lipinski definition) is 6. The number of aromatic hydroxyl groups is 1. The summed E-state index contributed by atoms with van der Waals surface area (Å²) in [5.41, 5.74) is 9.73. The monoisotopic (exact) mass is 401 g/mol. The van der Waals surface area contributed by atoms with Crippen LogP contribution in [0.3, 0.4) is 0 Å². The minimum absolute atomic E-state index is 0.00401. The molecule has 4 aromatic rings. The number of nitrogens with two attached hydrogens (primary N) is 1. The van der Waals surface area contributed by atoms with Crippen LogP contribution in [0.25, 0.3) is 28.4 Å². The van der Waals surface area contributed by atoms with Crippen molar-refractivity contribution in [2.75, 3.05) is 5.73 Å². The number of Topliss-reactive ketones (excluding diaryl/α,β-unsaturated/α-hetero) is 1. The Morgan fingerprint density at radius 3 is 2.83 bits per heavy atom. The standard InChI is InChI=1S/C22H16FN5O2/c23-16-6-14(7-17(29)9-16)20-19-21(24)25-11-26-22(19)28(27-20)10-15-5-12-3-1-2-4-13(12)8-18(15)30/h1-7,9,11,29H,8,10H2,(H2,24,25,26). The Balaban J connectivity index is 1.65. The Hall–Kier alpha value is -4.07. The van der Waals surface area contributed by atoms with Crippen LogP contribution in [0.2, 0.25) is 0 Å². The first-order valence-electron chi connectivity index (χ1n) is 9.28. The smallest absolute Gasteiger partial charge is 0.165 e. The molecule has 30 heavy (non-hydrogen) atoms. The molecule has 0 bridgehead atoms. The zero-order valence-corrected chi connectivity index (χ0v) is 15.7. The molecule has 7 nitrogen and oxygen atoms in total. The van der Waals surface area contributed by atoms with Gasteiger partial charge in [0, 0.05) is 23.6 Å². The number of aromatic nitrogens is 4. The number of phenolic OH excluding ortho intramolecular Hbond substituents is 1. The Kier molecular flexibility index (Phi) is 4.06. The third-order valence-corrected chi connectivity index (χ3v) is 5.13. The lowest BCUT2D eigenvalue weighted by molar-refractivity contribution is -0.115. The van der Waals surface area contributed by atoms with Crippen molar-refractivity contribution in [2.24, 2.45) is 0 Å². The summed E-state index contributed by atoms with van der Waals surface area (Å²) in [5.74, 6) is -0.654. The van der Waals surface area contributed by atoms with Crippen molar-refractivity contribution >= 4 is 28.7 Å². The number of anilines is 1. The molecule has 5 rings (SSSR count). The number of fused-ring (bicyclic) bond motifs is 2. The van der Waals surface area contributed by atoms with Crippen molar-refractivity contribution in [1.29, 1.82) is 0 Å². The van der Waals surface area contributed by atoms with Crippen LogP contribution in [0.5, 0.6) is 5.75 Å². The lowest BCUT2D eigenvalue weighted by Gasteiger charge is -2.15. The van der Waals surface area contributed by atoms with Gasteiger partial charge in [-0.2, -0.15) is 5.10 Å². The van der Waals surface area contributed by atoms with Gasteiger partial charge in [-0.3, -0.25) is 4.79 Å². The lowest BCUT2D eigenvalue weighted by atomic mass is 9.91. The highest BCUT2D eigenvalue weighted by molar-refractivity contribution is 6.04. The van der Waals surface area contributed by atoms with Gasteiger partial charge in [-0.1, -0.05) is 24.3 Å². The largest absolute Gasteiger partial charge is 0.508 e. The van der Waals surface area contributed by atoms with Gasteiger partial charge in [-0.25, -0.2) is 19.0 Å². The maximum Gasteiger partial charge on any atom is 0.165 e. The number of carbonyl (C=O) groups excluding carboxylic acids is 1. The third-order valence-electron chi connectivity index (χ3n) is 5.13. The van der Waals surface area contributed by atoms with E-state index < -0.39 is 5.82 Å². The van der Waals surface area contributed by atoms with Gasteiger partial charge in [-0.05, 0) is 29.3 Å². The zero-order valence-electron chi connectivity index (χ0n) is 15.7. The summed E-state index contributed by atoms with van der Waals surface area (Å²) in [7, 11) is 0. The van der Waals surface area contributed by atoms with Gasteiger partial charge >= 0.3 is 0 Å². The molecule has 1 aliphatic rings. The fourth-order valence-electron chi connectivity index (χ4n) is 3.74. The minimum atomic E-state index is -0.607. The highest BCUT2D eigenvalue weighted by Crippen LogP contribution is 2.33. The van der Waals surface area contributed by atoms with Gasteiger partial charge in [0.25, 0.3) is 0 Å². The van der Waals surface area contributed by atoms with Crippen LogP contribution < -0.4 is 5.73 Å². The molecule has 0 spiro atoms. The molecule has 2 heterocycles. The maximum absolute atomic E-state index is 13.9. The lowest BCUT2D eigenvalue weighted by Crippen LogP contribution is -2.17. The van der Waals surface area contributed by atoms with Gasteiger partial charge in [0.1, 0.15) is 29.4 Å². The van der Waals surface area contributed by atoms with Crippen LogP contribution in [0.4, 0.5) is 10.2 Å². The fraction of sp³-hybridized carbons (Fsp3) is 0.0909. The summed E-state index contributed by atoms with van der Waals surface area (Å²) >= 11 is 0. The van der Waals surface area contributed by atoms with Crippen LogP contribution in [0, 0.1) is 5.82 Å². The van der Waals surface area contributed by atoms with Crippen LogP contribution in [0.15, 0.2) is 54.4 Å². The zero-order chi connectivity index (χ0) is 20.8. The van der Waals surface area contributed by atoms with E-state index in [1.807, 2.05) is 30.3 Å². The summed E-state index contributed by atoms with van der Waals surface area (Å²) in [6.07, 6.45) is 3.49. The van der Waals surface area contributed by atoms with Crippen molar-refractivity contribution in [3.05, 3.63) is 71.3 Å². The first-order valence-corrected chi connectivity index (χ1v) is 9.28.